The Hall–Kier alpha value is -2.35. The molecule has 3 rings (SSSR count). The fourth-order valence-electron chi connectivity index (χ4n) is 3.05. The molecule has 10 nitrogen and oxygen atoms in total. The number of aromatic hydroxyl groups is 1. The van der Waals surface area contributed by atoms with Crippen molar-refractivity contribution in [1.29, 1.82) is 0 Å². The van der Waals surface area contributed by atoms with Gasteiger partial charge in [0.15, 0.2) is 9.96 Å². The highest BCUT2D eigenvalue weighted by molar-refractivity contribution is 7.91. The molecule has 0 bridgehead atoms. The maximum Gasteiger partial charge on any atom is 0.366 e. The molecule has 3 aromatic rings. The van der Waals surface area contributed by atoms with Gasteiger partial charge in [0, 0.05) is 28.2 Å². The maximum absolute atomic E-state index is 12.8. The fourth-order valence-corrected chi connectivity index (χ4v) is 6.90. The molecule has 31 heavy (non-hydrogen) atoms. The molecule has 0 saturated heterocycles. The third-order valence-corrected chi connectivity index (χ3v) is 9.37. The zero-order chi connectivity index (χ0) is 22.8. The molecule has 0 aliphatic heterocycles. The quantitative estimate of drug-likeness (QED) is 0.318. The number of hydrogen-bond donors (Lipinski definition) is 4. The first-order valence-electron chi connectivity index (χ1n) is 9.74. The van der Waals surface area contributed by atoms with E-state index in [1.807, 2.05) is 26.0 Å². The molecule has 0 aliphatic rings. The van der Waals surface area contributed by atoms with Crippen molar-refractivity contribution < 1.29 is 28.3 Å². The lowest BCUT2D eigenvalue weighted by Crippen LogP contribution is -2.32. The topological polar surface area (TPSA) is 132 Å². The number of rotatable bonds is 10. The van der Waals surface area contributed by atoms with Crippen LogP contribution in [0.15, 0.2) is 26.4 Å². The highest BCUT2D eigenvalue weighted by atomic mass is 32.2. The fraction of sp³-hybridized carbons (Fsp3) is 0.444. The minimum atomic E-state index is -3.82. The van der Waals surface area contributed by atoms with Gasteiger partial charge in [-0.2, -0.15) is 4.31 Å². The molecule has 0 fully saturated rings. The van der Waals surface area contributed by atoms with Crippen molar-refractivity contribution in [2.24, 2.45) is 0 Å². The van der Waals surface area contributed by atoms with Gasteiger partial charge < -0.3 is 15.6 Å². The zero-order valence-corrected chi connectivity index (χ0v) is 20.1. The van der Waals surface area contributed by atoms with Gasteiger partial charge >= 0.3 is 11.6 Å². The van der Waals surface area contributed by atoms with Crippen LogP contribution < -0.4 is 15.5 Å². The van der Waals surface area contributed by atoms with Gasteiger partial charge in [-0.3, -0.25) is 5.32 Å². The molecule has 0 spiro atoms. The van der Waals surface area contributed by atoms with Gasteiger partial charge in [-0.15, -0.1) is 22.7 Å². The Balaban J connectivity index is 1.88. The van der Waals surface area contributed by atoms with Gasteiger partial charge in [0.1, 0.15) is 16.1 Å². The van der Waals surface area contributed by atoms with Crippen molar-refractivity contribution in [1.82, 2.24) is 9.46 Å². The summed E-state index contributed by atoms with van der Waals surface area (Å²) in [5.41, 5.74) is 0.146. The van der Waals surface area contributed by atoms with E-state index in [1.165, 1.54) is 14.6 Å². The predicted octanol–water partition coefficient (Wildman–Crippen LogP) is 3.67. The molecule has 3 aromatic heterocycles. The van der Waals surface area contributed by atoms with Crippen LogP contribution in [0.3, 0.4) is 0 Å². The lowest BCUT2D eigenvalue weighted by atomic mass is 10.2. The van der Waals surface area contributed by atoms with Crippen LogP contribution >= 0.6 is 22.7 Å². The molecule has 170 valence electrons. The van der Waals surface area contributed by atoms with E-state index in [4.69, 9.17) is 4.63 Å². The van der Waals surface area contributed by atoms with E-state index in [1.54, 1.807) is 25.2 Å². The molecule has 0 amide bonds. The second-order valence-electron chi connectivity index (χ2n) is 6.70. The smallest absolute Gasteiger partial charge is 0.366 e. The molecular weight excluding hydrogens is 462 g/mol. The Morgan fingerprint density at radius 1 is 1.29 bits per heavy atom. The van der Waals surface area contributed by atoms with Crippen LogP contribution in [0.2, 0.25) is 0 Å². The third-order valence-electron chi connectivity index (χ3n) is 4.71. The molecular formula is C18H26N5O5S3+. The number of sulfonamides is 1. The number of aryl methyl sites for hydroxylation is 1. The van der Waals surface area contributed by atoms with Crippen molar-refractivity contribution in [3.8, 4) is 5.75 Å². The molecule has 3 heterocycles. The minimum absolute atomic E-state index is 0.105. The number of aromatic nitrogens is 2. The number of hydrogen-bond acceptors (Lipinski definition) is 10. The summed E-state index contributed by atoms with van der Waals surface area (Å²) in [4.78, 5) is 2.74. The standard InChI is InChI=1S/C18H25N5O5S3/c1-5-12(14-9-8-11(4)30-14)20-17-16(21-28-23(17)25)19-13-10-29-18(15(13)24)31(26,27)22(6-2)7-3/h8-10,12,25H,5-7H2,1-4H3,(H2,19,21,24)/p+1/t12-/m1/s1. The second-order valence-corrected chi connectivity index (χ2v) is 11.0. The number of nitrogens with zero attached hydrogens (tertiary/aromatic N) is 3. The summed E-state index contributed by atoms with van der Waals surface area (Å²) in [6.07, 6.45) is 0.737. The highest BCUT2D eigenvalue weighted by Gasteiger charge is 2.32. The van der Waals surface area contributed by atoms with Crippen molar-refractivity contribution in [2.45, 2.75) is 44.4 Å². The van der Waals surface area contributed by atoms with Gasteiger partial charge in [-0.25, -0.2) is 8.42 Å². The van der Waals surface area contributed by atoms with Crippen LogP contribution in [-0.2, 0) is 10.0 Å². The normalized spacial score (nSPS) is 12.9. The monoisotopic (exact) mass is 488 g/mol. The summed E-state index contributed by atoms with van der Waals surface area (Å²) in [5.74, 6) is -0.151. The largest absolute Gasteiger partial charge is 0.504 e. The number of anilines is 3. The SMILES string of the molecule is CC[C@@H](Nc1c(Nc2csc(S(=O)(=O)N(CC)CC)c2O)no[n+]1O)c1ccc(C)s1. The average molecular weight is 489 g/mol. The van der Waals surface area contributed by atoms with Crippen molar-refractivity contribution in [3.63, 3.8) is 0 Å². The van der Waals surface area contributed by atoms with E-state index in [0.717, 1.165) is 22.6 Å². The number of thiophene rings is 2. The van der Waals surface area contributed by atoms with Gasteiger partial charge in [0.05, 0.1) is 5.69 Å². The van der Waals surface area contributed by atoms with Crippen LogP contribution in [-0.4, -0.2) is 41.3 Å². The van der Waals surface area contributed by atoms with E-state index in [2.05, 4.69) is 15.8 Å². The van der Waals surface area contributed by atoms with Crippen LogP contribution in [0.4, 0.5) is 17.3 Å². The Morgan fingerprint density at radius 2 is 2.00 bits per heavy atom. The van der Waals surface area contributed by atoms with E-state index in [9.17, 15) is 18.7 Å². The second kappa shape index (κ2) is 9.42. The van der Waals surface area contributed by atoms with Crippen LogP contribution in [0.25, 0.3) is 0 Å². The average Bonchev–Trinajstić information content (AvgIpc) is 3.42. The summed E-state index contributed by atoms with van der Waals surface area (Å²) in [5, 5.41) is 31.9. The van der Waals surface area contributed by atoms with E-state index < -0.39 is 15.8 Å². The summed E-state index contributed by atoms with van der Waals surface area (Å²) in [6.45, 7) is 8.07. The Bertz CT molecular complexity index is 1130. The molecule has 0 aromatic carbocycles. The summed E-state index contributed by atoms with van der Waals surface area (Å²) in [7, 11) is -3.82. The van der Waals surface area contributed by atoms with E-state index in [-0.39, 0.29) is 27.6 Å². The van der Waals surface area contributed by atoms with Crippen molar-refractivity contribution in [3.05, 3.63) is 27.3 Å². The molecule has 0 radical (unpaired) electrons. The third kappa shape index (κ3) is 4.63. The van der Waals surface area contributed by atoms with E-state index in [0.29, 0.717) is 18.0 Å². The summed E-state index contributed by atoms with van der Waals surface area (Å²) >= 11 is 2.54. The van der Waals surface area contributed by atoms with Crippen molar-refractivity contribution in [2.75, 3.05) is 23.7 Å². The molecule has 1 atom stereocenters. The maximum atomic E-state index is 12.8. The van der Waals surface area contributed by atoms with Crippen LogP contribution in [0.1, 0.15) is 43.0 Å². The van der Waals surface area contributed by atoms with Crippen LogP contribution in [0.5, 0.6) is 5.75 Å². The van der Waals surface area contributed by atoms with Crippen molar-refractivity contribution >= 4 is 50.0 Å². The molecule has 0 unspecified atom stereocenters. The molecule has 13 heteroatoms. The zero-order valence-electron chi connectivity index (χ0n) is 17.6. The number of nitrogens with one attached hydrogen (secondary N) is 2. The molecule has 4 N–H and O–H groups in total. The minimum Gasteiger partial charge on any atom is -0.504 e. The predicted molar refractivity (Wildman–Crippen MR) is 119 cm³/mol. The first-order valence-corrected chi connectivity index (χ1v) is 12.9. The summed E-state index contributed by atoms with van der Waals surface area (Å²) in [6, 6.07) is 3.93. The molecule has 0 aliphatic carbocycles. The van der Waals surface area contributed by atoms with Gasteiger partial charge in [-0.1, -0.05) is 25.4 Å². The summed E-state index contributed by atoms with van der Waals surface area (Å²) < 4.78 is 31.5. The highest BCUT2D eigenvalue weighted by Crippen LogP contribution is 2.41. The lowest BCUT2D eigenvalue weighted by molar-refractivity contribution is -1.03. The molecule has 0 saturated carbocycles. The van der Waals surface area contributed by atoms with Gasteiger partial charge in [-0.05, 0) is 25.5 Å². The van der Waals surface area contributed by atoms with Gasteiger partial charge in [0.2, 0.25) is 0 Å². The Labute approximate surface area is 188 Å². The Kier molecular flexibility index (Phi) is 7.09. The first-order chi connectivity index (χ1) is 14.7. The lowest BCUT2D eigenvalue weighted by Gasteiger charge is -2.17. The van der Waals surface area contributed by atoms with E-state index >= 15 is 0 Å². The van der Waals surface area contributed by atoms with Gasteiger partial charge in [0.25, 0.3) is 10.0 Å². The Morgan fingerprint density at radius 3 is 2.58 bits per heavy atom. The first kappa shape index (κ1) is 23.3. The van der Waals surface area contributed by atoms with Crippen LogP contribution in [0, 0.1) is 6.92 Å².